The number of hydrogen-bond donors (Lipinski definition) is 0. The third kappa shape index (κ3) is 1.48. The number of piperidine rings is 2. The zero-order valence-corrected chi connectivity index (χ0v) is 18.5. The minimum absolute atomic E-state index is 0.00569. The molecular weight excluding hydrogens is 463 g/mol. The normalized spacial score (nSPS) is 50.3. The molecule has 7 atom stereocenters. The van der Waals surface area contributed by atoms with Crippen LogP contribution in [0.5, 0.6) is 0 Å². The topological polar surface area (TPSA) is 32.8 Å². The molecule has 1 aliphatic carbocycles. The van der Waals surface area contributed by atoms with Crippen LogP contribution in [0.3, 0.4) is 0 Å². The standard InChI is InChI=1S/C23H25IN2O2/c1-21(24)18-13-7-10-28-16-11-17(27)26-15-6-4-3-5-14(15)23(22(26,2)19(16)18)8-9-25(12-13)20(21)23/h3-7,16,18-20H,8-12H2,1-2H3/t16?,18-,19+,20+,21?,22?,23+/m0/s1. The van der Waals surface area contributed by atoms with Gasteiger partial charge in [0.2, 0.25) is 5.91 Å². The van der Waals surface area contributed by atoms with E-state index in [4.69, 9.17) is 4.74 Å². The first kappa shape index (κ1) is 16.8. The Labute approximate surface area is 179 Å². The van der Waals surface area contributed by atoms with Crippen LogP contribution >= 0.6 is 22.6 Å². The number of anilines is 1. The van der Waals surface area contributed by atoms with Crippen molar-refractivity contribution in [3.63, 3.8) is 0 Å². The van der Waals surface area contributed by atoms with Gasteiger partial charge in [-0.15, -0.1) is 0 Å². The molecule has 3 saturated heterocycles. The van der Waals surface area contributed by atoms with Gasteiger partial charge in [0.1, 0.15) is 0 Å². The third-order valence-corrected chi connectivity index (χ3v) is 10.5. The maximum Gasteiger partial charge on any atom is 0.230 e. The smallest absolute Gasteiger partial charge is 0.230 e. The van der Waals surface area contributed by atoms with Crippen molar-refractivity contribution >= 4 is 34.2 Å². The summed E-state index contributed by atoms with van der Waals surface area (Å²) >= 11 is 2.79. The van der Waals surface area contributed by atoms with Crippen molar-refractivity contribution in [3.05, 3.63) is 41.5 Å². The SMILES string of the molecule is CC1(I)[C@H]2N3CC[C@@]24c2ccccc2N2C(=O)CC5OCC=C(C3)[C@H]1[C@@H]5C24C. The fourth-order valence-corrected chi connectivity index (χ4v) is 10.4. The zero-order valence-electron chi connectivity index (χ0n) is 16.3. The summed E-state index contributed by atoms with van der Waals surface area (Å²) < 4.78 is 6.54. The summed E-state index contributed by atoms with van der Waals surface area (Å²) in [7, 11) is 0. The summed E-state index contributed by atoms with van der Waals surface area (Å²) in [5.74, 6) is 1.08. The second kappa shape index (κ2) is 4.86. The number of fused-ring (bicyclic) bond motifs is 2. The van der Waals surface area contributed by atoms with Crippen LogP contribution in [-0.4, -0.2) is 51.6 Å². The summed E-state index contributed by atoms with van der Waals surface area (Å²) in [6.07, 6.45) is 4.03. The van der Waals surface area contributed by atoms with E-state index in [0.717, 1.165) is 19.5 Å². The third-order valence-electron chi connectivity index (χ3n) is 9.24. The molecule has 1 aromatic carbocycles. The van der Waals surface area contributed by atoms with Gasteiger partial charge >= 0.3 is 0 Å². The molecule has 6 aliphatic rings. The van der Waals surface area contributed by atoms with Gasteiger partial charge in [0, 0.05) is 38.9 Å². The van der Waals surface area contributed by atoms with Gasteiger partial charge < -0.3 is 9.64 Å². The van der Waals surface area contributed by atoms with Crippen molar-refractivity contribution < 1.29 is 9.53 Å². The Morgan fingerprint density at radius 2 is 2.07 bits per heavy atom. The van der Waals surface area contributed by atoms with Crippen LogP contribution in [0.1, 0.15) is 32.3 Å². The molecule has 2 bridgehead atoms. The average Bonchev–Trinajstić information content (AvgIpc) is 3.07. The number of amides is 1. The summed E-state index contributed by atoms with van der Waals surface area (Å²) in [5, 5.41) is 0. The van der Waals surface area contributed by atoms with Crippen LogP contribution in [-0.2, 0) is 14.9 Å². The van der Waals surface area contributed by atoms with Crippen molar-refractivity contribution in [1.82, 2.24) is 4.90 Å². The lowest BCUT2D eigenvalue weighted by Crippen LogP contribution is -2.81. The number of nitrogens with zero attached hydrogens (tertiary/aromatic N) is 2. The first-order valence-electron chi connectivity index (χ1n) is 10.6. The molecule has 1 aromatic rings. The van der Waals surface area contributed by atoms with Gasteiger partial charge in [-0.1, -0.05) is 52.4 Å². The molecule has 0 N–H and O–H groups in total. The number of rotatable bonds is 0. The van der Waals surface area contributed by atoms with E-state index in [2.05, 4.69) is 76.6 Å². The van der Waals surface area contributed by atoms with E-state index in [1.165, 1.54) is 11.3 Å². The minimum Gasteiger partial charge on any atom is -0.373 e. The lowest BCUT2D eigenvalue weighted by Gasteiger charge is -2.69. The van der Waals surface area contributed by atoms with Crippen LogP contribution in [0.4, 0.5) is 5.69 Å². The first-order valence-corrected chi connectivity index (χ1v) is 11.7. The van der Waals surface area contributed by atoms with E-state index in [-0.39, 0.29) is 26.4 Å². The van der Waals surface area contributed by atoms with E-state index in [9.17, 15) is 4.79 Å². The summed E-state index contributed by atoms with van der Waals surface area (Å²) in [6.45, 7) is 7.75. The highest BCUT2D eigenvalue weighted by molar-refractivity contribution is 14.1. The molecule has 0 aromatic heterocycles. The quantitative estimate of drug-likeness (QED) is 0.319. The van der Waals surface area contributed by atoms with Crippen LogP contribution in [0, 0.1) is 11.8 Å². The Morgan fingerprint density at radius 1 is 1.25 bits per heavy atom. The van der Waals surface area contributed by atoms with Crippen molar-refractivity contribution in [2.45, 2.75) is 53.2 Å². The van der Waals surface area contributed by atoms with Crippen LogP contribution in [0.15, 0.2) is 35.9 Å². The Kier molecular flexibility index (Phi) is 2.92. The Bertz CT molecular complexity index is 973. The molecule has 28 heavy (non-hydrogen) atoms. The molecule has 7 rings (SSSR count). The van der Waals surface area contributed by atoms with Crippen LogP contribution in [0.25, 0.3) is 0 Å². The summed E-state index contributed by atoms with van der Waals surface area (Å²) in [4.78, 5) is 18.5. The summed E-state index contributed by atoms with van der Waals surface area (Å²) in [6, 6.07) is 9.25. The number of hydrogen-bond acceptors (Lipinski definition) is 3. The fourth-order valence-electron chi connectivity index (χ4n) is 8.70. The number of para-hydroxylation sites is 1. The Balaban J connectivity index is 1.63. The van der Waals surface area contributed by atoms with Crippen LogP contribution < -0.4 is 4.90 Å². The number of ether oxygens (including phenoxy) is 1. The second-order valence-corrected chi connectivity index (χ2v) is 12.3. The van der Waals surface area contributed by atoms with E-state index in [0.29, 0.717) is 30.9 Å². The molecule has 4 fully saturated rings. The van der Waals surface area contributed by atoms with Gasteiger partial charge in [0.25, 0.3) is 0 Å². The average molecular weight is 488 g/mol. The van der Waals surface area contributed by atoms with Gasteiger partial charge in [-0.05, 0) is 38.4 Å². The number of carbonyl (C=O) groups excluding carboxylic acids is 1. The highest BCUT2D eigenvalue weighted by Gasteiger charge is 2.81. The molecule has 4 nitrogen and oxygen atoms in total. The molecule has 146 valence electrons. The van der Waals surface area contributed by atoms with Crippen molar-refractivity contribution in [1.29, 1.82) is 0 Å². The maximum atomic E-state index is 13.5. The van der Waals surface area contributed by atoms with Gasteiger partial charge in [0.15, 0.2) is 0 Å². The maximum absolute atomic E-state index is 13.5. The van der Waals surface area contributed by atoms with Crippen molar-refractivity contribution in [3.8, 4) is 0 Å². The highest BCUT2D eigenvalue weighted by Crippen LogP contribution is 2.74. The zero-order chi connectivity index (χ0) is 19.1. The summed E-state index contributed by atoms with van der Waals surface area (Å²) in [5.41, 5.74) is 3.92. The lowest BCUT2D eigenvalue weighted by molar-refractivity contribution is -0.142. The molecule has 3 unspecified atom stereocenters. The first-order chi connectivity index (χ1) is 13.4. The number of benzene rings is 1. The van der Waals surface area contributed by atoms with Gasteiger partial charge in [0.05, 0.1) is 24.7 Å². The number of alkyl halides is 1. The second-order valence-electron chi connectivity index (χ2n) is 10.00. The molecule has 5 heterocycles. The largest absolute Gasteiger partial charge is 0.373 e. The lowest BCUT2D eigenvalue weighted by atomic mass is 9.44. The minimum atomic E-state index is -0.213. The van der Waals surface area contributed by atoms with Gasteiger partial charge in [-0.2, -0.15) is 0 Å². The van der Waals surface area contributed by atoms with Crippen molar-refractivity contribution in [2.75, 3.05) is 24.6 Å². The number of carbonyl (C=O) groups is 1. The van der Waals surface area contributed by atoms with E-state index >= 15 is 0 Å². The van der Waals surface area contributed by atoms with Gasteiger partial charge in [-0.25, -0.2) is 0 Å². The monoisotopic (exact) mass is 488 g/mol. The molecule has 1 spiro atoms. The fraction of sp³-hybridized carbons (Fsp3) is 0.609. The van der Waals surface area contributed by atoms with E-state index in [1.807, 2.05) is 0 Å². The molecule has 0 radical (unpaired) electrons. The van der Waals surface area contributed by atoms with E-state index < -0.39 is 0 Å². The van der Waals surface area contributed by atoms with Crippen molar-refractivity contribution in [2.24, 2.45) is 11.8 Å². The Morgan fingerprint density at radius 3 is 2.93 bits per heavy atom. The molecule has 5 heteroatoms. The molecular formula is C23H25IN2O2. The van der Waals surface area contributed by atoms with E-state index in [1.54, 1.807) is 5.57 Å². The highest BCUT2D eigenvalue weighted by atomic mass is 127. The number of halogens is 1. The molecule has 1 amide bonds. The predicted molar refractivity (Wildman–Crippen MR) is 116 cm³/mol. The Hall–Kier alpha value is -0.920. The van der Waals surface area contributed by atoms with Gasteiger partial charge in [-0.3, -0.25) is 9.69 Å². The predicted octanol–water partition coefficient (Wildman–Crippen LogP) is 3.29. The molecule has 1 saturated carbocycles. The molecule has 5 aliphatic heterocycles. The van der Waals surface area contributed by atoms with Crippen LogP contribution in [0.2, 0.25) is 0 Å².